The highest BCUT2D eigenvalue weighted by molar-refractivity contribution is 5.76. The number of esters is 2. The molecule has 1 aromatic rings. The summed E-state index contributed by atoms with van der Waals surface area (Å²) in [6.07, 6.45) is -0.273. The maximum atomic E-state index is 12.5. The summed E-state index contributed by atoms with van der Waals surface area (Å²) in [7, 11) is 0. The van der Waals surface area contributed by atoms with Gasteiger partial charge in [-0.1, -0.05) is 27.7 Å². The van der Waals surface area contributed by atoms with E-state index in [-0.39, 0.29) is 30.9 Å². The number of hydrogen-bond acceptors (Lipinski definition) is 10. The van der Waals surface area contributed by atoms with Gasteiger partial charge >= 0.3 is 17.6 Å². The predicted octanol–water partition coefficient (Wildman–Crippen LogP) is -0.813. The molecular weight excluding hydrogens is 394 g/mol. The molecule has 1 fully saturated rings. The zero-order chi connectivity index (χ0) is 22.6. The number of rotatable bonds is 8. The number of nitrogen functional groups attached to an aromatic ring is 1. The van der Waals surface area contributed by atoms with E-state index >= 15 is 0 Å². The Morgan fingerprint density at radius 2 is 1.80 bits per heavy atom. The molecule has 0 saturated carbocycles. The van der Waals surface area contributed by atoms with Crippen LogP contribution in [0.1, 0.15) is 33.7 Å². The van der Waals surface area contributed by atoms with E-state index in [1.807, 2.05) is 0 Å². The Morgan fingerprint density at radius 3 is 2.37 bits per heavy atom. The van der Waals surface area contributed by atoms with Crippen LogP contribution in [0.15, 0.2) is 17.1 Å². The second-order valence-corrected chi connectivity index (χ2v) is 8.05. The van der Waals surface area contributed by atoms with Crippen LogP contribution in [0, 0.1) is 11.8 Å². The highest BCUT2D eigenvalue weighted by Crippen LogP contribution is 2.28. The molecule has 1 aliphatic heterocycles. The minimum absolute atomic E-state index is 0.0405. The number of nitrogens with two attached hydrogens (primary N) is 3. The van der Waals surface area contributed by atoms with E-state index < -0.39 is 48.0 Å². The monoisotopic (exact) mass is 425 g/mol. The van der Waals surface area contributed by atoms with Gasteiger partial charge in [-0.25, -0.2) is 4.79 Å². The average molecular weight is 425 g/mol. The van der Waals surface area contributed by atoms with Gasteiger partial charge in [0.05, 0.1) is 6.61 Å². The summed E-state index contributed by atoms with van der Waals surface area (Å²) in [5.74, 6) is -1.42. The molecule has 2 rings (SSSR count). The summed E-state index contributed by atoms with van der Waals surface area (Å²) < 4.78 is 17.8. The van der Waals surface area contributed by atoms with Crippen LogP contribution in [0.25, 0.3) is 0 Å². The molecule has 0 spiro atoms. The maximum Gasteiger partial charge on any atom is 0.349 e. The van der Waals surface area contributed by atoms with Crippen LogP contribution in [0.4, 0.5) is 5.82 Å². The molecule has 0 radical (unpaired) electrons. The standard InChI is InChI=1S/C19H31N5O6/c1-9(2)14(21)17(25)29-8-12-16(30-18(26)15(22)10(3)4)11(7-28-12)24-6-5-13(20)23-19(24)27/h5-6,9-12,14-16H,7-8,21-22H2,1-4H3,(H2,20,23,27)/t11?,12-,14-,15-,16?/m0/s1. The molecule has 0 aliphatic carbocycles. The van der Waals surface area contributed by atoms with Gasteiger partial charge in [0.1, 0.15) is 36.7 Å². The number of aromatic nitrogens is 2. The Labute approximate surface area is 174 Å². The lowest BCUT2D eigenvalue weighted by Gasteiger charge is -2.26. The SMILES string of the molecule is CC(C)[C@H](N)C(=O)OC[C@@H]1OCC(n2ccc(N)nc2=O)C1OC(=O)[C@@H](N)C(C)C. The summed E-state index contributed by atoms with van der Waals surface area (Å²) >= 11 is 0. The number of nitrogens with zero attached hydrogens (tertiary/aromatic N) is 2. The molecule has 2 unspecified atom stereocenters. The Hall–Kier alpha value is -2.50. The third-order valence-corrected chi connectivity index (χ3v) is 5.06. The molecule has 11 heteroatoms. The molecule has 1 aromatic heterocycles. The van der Waals surface area contributed by atoms with Crippen molar-refractivity contribution in [1.29, 1.82) is 0 Å². The minimum Gasteiger partial charge on any atom is -0.462 e. The molecule has 1 saturated heterocycles. The summed E-state index contributed by atoms with van der Waals surface area (Å²) in [6, 6.07) is -0.877. The fourth-order valence-corrected chi connectivity index (χ4v) is 2.89. The van der Waals surface area contributed by atoms with Crippen molar-refractivity contribution in [3.05, 3.63) is 22.7 Å². The molecule has 5 atom stereocenters. The van der Waals surface area contributed by atoms with Gasteiger partial charge in [-0.3, -0.25) is 14.2 Å². The predicted molar refractivity (Wildman–Crippen MR) is 108 cm³/mol. The summed E-state index contributed by atoms with van der Waals surface area (Å²) in [5, 5.41) is 0. The third kappa shape index (κ3) is 5.55. The van der Waals surface area contributed by atoms with Crippen molar-refractivity contribution in [2.45, 2.75) is 58.0 Å². The van der Waals surface area contributed by atoms with Crippen LogP contribution in [-0.4, -0.2) is 59.0 Å². The summed E-state index contributed by atoms with van der Waals surface area (Å²) in [4.78, 5) is 40.6. The first kappa shape index (κ1) is 23.8. The van der Waals surface area contributed by atoms with Gasteiger partial charge in [0.25, 0.3) is 0 Å². The van der Waals surface area contributed by atoms with Gasteiger partial charge in [0, 0.05) is 6.20 Å². The lowest BCUT2D eigenvalue weighted by molar-refractivity contribution is -0.160. The summed E-state index contributed by atoms with van der Waals surface area (Å²) in [5.41, 5.74) is 16.6. The van der Waals surface area contributed by atoms with Gasteiger partial charge in [-0.2, -0.15) is 4.98 Å². The molecule has 1 aliphatic rings. The van der Waals surface area contributed by atoms with Crippen LogP contribution in [0.5, 0.6) is 0 Å². The Bertz CT molecular complexity index is 811. The van der Waals surface area contributed by atoms with Crippen LogP contribution in [0.3, 0.4) is 0 Å². The van der Waals surface area contributed by atoms with Crippen molar-refractivity contribution < 1.29 is 23.8 Å². The first-order valence-corrected chi connectivity index (χ1v) is 9.87. The zero-order valence-corrected chi connectivity index (χ0v) is 17.7. The van der Waals surface area contributed by atoms with Crippen LogP contribution in [-0.2, 0) is 23.8 Å². The lowest BCUT2D eigenvalue weighted by Crippen LogP contribution is -2.45. The van der Waals surface area contributed by atoms with Crippen molar-refractivity contribution in [2.24, 2.45) is 23.3 Å². The van der Waals surface area contributed by atoms with Crippen molar-refractivity contribution in [3.63, 3.8) is 0 Å². The van der Waals surface area contributed by atoms with E-state index in [9.17, 15) is 14.4 Å². The highest BCUT2D eigenvalue weighted by Gasteiger charge is 2.43. The van der Waals surface area contributed by atoms with Crippen LogP contribution in [0.2, 0.25) is 0 Å². The lowest BCUT2D eigenvalue weighted by atomic mass is 10.0. The summed E-state index contributed by atoms with van der Waals surface area (Å²) in [6.45, 7) is 7.02. The first-order valence-electron chi connectivity index (χ1n) is 9.87. The molecular formula is C19H31N5O6. The van der Waals surface area contributed by atoms with Crippen molar-refractivity contribution in [2.75, 3.05) is 18.9 Å². The number of anilines is 1. The van der Waals surface area contributed by atoms with Gasteiger partial charge in [0.2, 0.25) is 0 Å². The van der Waals surface area contributed by atoms with Crippen LogP contribution < -0.4 is 22.9 Å². The molecule has 168 valence electrons. The minimum atomic E-state index is -0.923. The number of ether oxygens (including phenoxy) is 3. The molecule has 0 bridgehead atoms. The van der Waals surface area contributed by atoms with Crippen molar-refractivity contribution in [1.82, 2.24) is 9.55 Å². The first-order chi connectivity index (χ1) is 14.0. The van der Waals surface area contributed by atoms with E-state index in [4.69, 9.17) is 31.4 Å². The smallest absolute Gasteiger partial charge is 0.349 e. The van der Waals surface area contributed by atoms with E-state index in [1.54, 1.807) is 27.7 Å². The maximum absolute atomic E-state index is 12.5. The number of carbonyl (C=O) groups is 2. The number of hydrogen-bond donors (Lipinski definition) is 3. The molecule has 0 aromatic carbocycles. The fourth-order valence-electron chi connectivity index (χ4n) is 2.89. The van der Waals surface area contributed by atoms with Crippen molar-refractivity contribution >= 4 is 17.8 Å². The van der Waals surface area contributed by atoms with E-state index in [0.717, 1.165) is 0 Å². The van der Waals surface area contributed by atoms with Gasteiger partial charge in [0.15, 0.2) is 6.10 Å². The third-order valence-electron chi connectivity index (χ3n) is 5.06. The Balaban J connectivity index is 2.22. The highest BCUT2D eigenvalue weighted by atomic mass is 16.6. The topological polar surface area (TPSA) is 175 Å². The molecule has 0 amide bonds. The van der Waals surface area contributed by atoms with Gasteiger partial charge in [-0.15, -0.1) is 0 Å². The number of carbonyl (C=O) groups excluding carboxylic acids is 2. The Morgan fingerprint density at radius 1 is 1.20 bits per heavy atom. The largest absolute Gasteiger partial charge is 0.462 e. The second kappa shape index (κ2) is 10.0. The fraction of sp³-hybridized carbons (Fsp3) is 0.684. The quantitative estimate of drug-likeness (QED) is 0.446. The molecule has 2 heterocycles. The molecule has 6 N–H and O–H groups in total. The van der Waals surface area contributed by atoms with Gasteiger partial charge < -0.3 is 31.4 Å². The van der Waals surface area contributed by atoms with E-state index in [0.29, 0.717) is 0 Å². The Kier molecular flexibility index (Phi) is 7.93. The zero-order valence-electron chi connectivity index (χ0n) is 17.7. The normalized spacial score (nSPS) is 23.4. The van der Waals surface area contributed by atoms with Crippen LogP contribution >= 0.6 is 0 Å². The average Bonchev–Trinajstić information content (AvgIpc) is 3.06. The van der Waals surface area contributed by atoms with E-state index in [2.05, 4.69) is 4.98 Å². The van der Waals surface area contributed by atoms with Gasteiger partial charge in [-0.05, 0) is 17.9 Å². The molecule has 11 nitrogen and oxygen atoms in total. The van der Waals surface area contributed by atoms with E-state index in [1.165, 1.54) is 16.8 Å². The van der Waals surface area contributed by atoms with Crippen molar-refractivity contribution in [3.8, 4) is 0 Å². The second-order valence-electron chi connectivity index (χ2n) is 8.05. The molecule has 30 heavy (non-hydrogen) atoms.